The highest BCUT2D eigenvalue weighted by molar-refractivity contribution is 5.70. The molecule has 3 heteroatoms. The molecule has 0 spiro atoms. The van der Waals surface area contributed by atoms with E-state index >= 15 is 0 Å². The maximum Gasteiger partial charge on any atom is 0.0991 e. The van der Waals surface area contributed by atoms with Crippen LogP contribution in [0.4, 0.5) is 0 Å². The molecule has 146 valence electrons. The summed E-state index contributed by atoms with van der Waals surface area (Å²) in [6, 6.07) is 18.6. The third-order valence-corrected chi connectivity index (χ3v) is 5.51. The number of nitrogens with two attached hydrogens (primary N) is 1. The van der Waals surface area contributed by atoms with E-state index in [9.17, 15) is 5.26 Å². The molecule has 1 fully saturated rings. The number of hydrogen-bond donors (Lipinski definition) is 1. The third kappa shape index (κ3) is 3.97. The van der Waals surface area contributed by atoms with E-state index in [0.29, 0.717) is 5.56 Å². The van der Waals surface area contributed by atoms with E-state index in [2.05, 4.69) is 42.8 Å². The summed E-state index contributed by atoms with van der Waals surface area (Å²) < 4.78 is 0. The molecule has 2 aromatic rings. The molecule has 0 bridgehead atoms. The van der Waals surface area contributed by atoms with Crippen molar-refractivity contribution in [3.63, 3.8) is 0 Å². The van der Waals surface area contributed by atoms with Crippen molar-refractivity contribution >= 4 is 0 Å². The summed E-state index contributed by atoms with van der Waals surface area (Å²) in [6.07, 6.45) is 7.63. The molecule has 1 aliphatic rings. The highest BCUT2D eigenvalue weighted by Gasteiger charge is 2.40. The molecule has 3 nitrogen and oxygen atoms in total. The second-order valence-electron chi connectivity index (χ2n) is 6.83. The predicted octanol–water partition coefficient (Wildman–Crippen LogP) is 5.94. The summed E-state index contributed by atoms with van der Waals surface area (Å²) >= 11 is 0. The molecule has 0 aliphatic carbocycles. The number of nitriles is 1. The Morgan fingerprint density at radius 1 is 1.21 bits per heavy atom. The van der Waals surface area contributed by atoms with Gasteiger partial charge in [0.2, 0.25) is 0 Å². The van der Waals surface area contributed by atoms with Crippen LogP contribution in [0.1, 0.15) is 50.7 Å². The van der Waals surface area contributed by atoms with Gasteiger partial charge in [0.05, 0.1) is 17.2 Å². The molecule has 1 unspecified atom stereocenters. The van der Waals surface area contributed by atoms with E-state index in [1.165, 1.54) is 5.56 Å². The number of benzene rings is 2. The van der Waals surface area contributed by atoms with Crippen LogP contribution in [0.2, 0.25) is 0 Å². The molecule has 1 aliphatic heterocycles. The Kier molecular flexibility index (Phi) is 7.46. The number of nitrogens with zero attached hydrogens (tertiary/aromatic N) is 2. The van der Waals surface area contributed by atoms with Crippen LogP contribution in [-0.2, 0) is 5.54 Å². The standard InChI is InChI=1S/C23H25N3.C2H6/c1-3-13-23(14-7-10-20(17-25)26(23)2)22-12-11-18(16-24)15-21(22)19-8-5-4-6-9-19;1-2/h3-6,8-9,11-12,15,17H,1,7,10,13-14,25H2,2H3;1-2H3/b20-17-;. The maximum absolute atomic E-state index is 9.41. The average Bonchev–Trinajstić information content (AvgIpc) is 2.77. The van der Waals surface area contributed by atoms with Crippen molar-refractivity contribution in [2.45, 2.75) is 45.1 Å². The van der Waals surface area contributed by atoms with Crippen molar-refractivity contribution < 1.29 is 0 Å². The Hall–Kier alpha value is -2.99. The fraction of sp³-hybridized carbons (Fsp3) is 0.320. The minimum Gasteiger partial charge on any atom is -0.403 e. The molecule has 0 amide bonds. The van der Waals surface area contributed by atoms with Crippen LogP contribution >= 0.6 is 0 Å². The second-order valence-corrected chi connectivity index (χ2v) is 6.83. The Labute approximate surface area is 169 Å². The van der Waals surface area contributed by atoms with E-state index in [1.807, 2.05) is 50.3 Å². The lowest BCUT2D eigenvalue weighted by molar-refractivity contribution is 0.114. The zero-order valence-corrected chi connectivity index (χ0v) is 17.3. The van der Waals surface area contributed by atoms with Gasteiger partial charge >= 0.3 is 0 Å². The molecule has 2 aromatic carbocycles. The first-order valence-corrected chi connectivity index (χ1v) is 10.0. The summed E-state index contributed by atoms with van der Waals surface area (Å²) in [4.78, 5) is 2.31. The van der Waals surface area contributed by atoms with E-state index < -0.39 is 0 Å². The van der Waals surface area contributed by atoms with Gasteiger partial charge in [0.15, 0.2) is 0 Å². The SMILES string of the molecule is C=CCC1(c2ccc(C#N)cc2-c2ccccc2)CCC/C(=C/N)N1C.CC. The Morgan fingerprint density at radius 2 is 1.93 bits per heavy atom. The first-order valence-electron chi connectivity index (χ1n) is 10.0. The van der Waals surface area contributed by atoms with E-state index in [-0.39, 0.29) is 5.54 Å². The van der Waals surface area contributed by atoms with E-state index in [1.54, 1.807) is 6.20 Å². The maximum atomic E-state index is 9.41. The van der Waals surface area contributed by atoms with Gasteiger partial charge in [-0.1, -0.05) is 56.3 Å². The molecule has 1 atom stereocenters. The number of likely N-dealkylation sites (tertiary alicyclic amines) is 1. The van der Waals surface area contributed by atoms with Crippen LogP contribution in [0.3, 0.4) is 0 Å². The summed E-state index contributed by atoms with van der Waals surface area (Å²) in [5, 5.41) is 9.41. The molecule has 1 saturated heterocycles. The largest absolute Gasteiger partial charge is 0.403 e. The quantitative estimate of drug-likeness (QED) is 0.675. The smallest absolute Gasteiger partial charge is 0.0991 e. The van der Waals surface area contributed by atoms with Crippen molar-refractivity contribution in [2.75, 3.05) is 7.05 Å². The van der Waals surface area contributed by atoms with Crippen molar-refractivity contribution in [2.24, 2.45) is 5.73 Å². The van der Waals surface area contributed by atoms with Crippen LogP contribution in [0, 0.1) is 11.3 Å². The fourth-order valence-corrected chi connectivity index (χ4v) is 4.15. The minimum atomic E-state index is -0.204. The fourth-order valence-electron chi connectivity index (χ4n) is 4.15. The van der Waals surface area contributed by atoms with Crippen LogP contribution in [0.25, 0.3) is 11.1 Å². The number of rotatable bonds is 4. The van der Waals surface area contributed by atoms with Gasteiger partial charge in [-0.05, 0) is 54.5 Å². The van der Waals surface area contributed by atoms with Crippen LogP contribution in [0.15, 0.2) is 73.1 Å². The highest BCUT2D eigenvalue weighted by Crippen LogP contribution is 2.47. The van der Waals surface area contributed by atoms with Gasteiger partial charge < -0.3 is 10.6 Å². The molecular formula is C25H31N3. The monoisotopic (exact) mass is 373 g/mol. The molecule has 2 N–H and O–H groups in total. The summed E-state index contributed by atoms with van der Waals surface area (Å²) in [6.45, 7) is 8.02. The zero-order chi connectivity index (χ0) is 20.6. The van der Waals surface area contributed by atoms with Gasteiger partial charge in [0.1, 0.15) is 0 Å². The van der Waals surface area contributed by atoms with Gasteiger partial charge in [0, 0.05) is 18.9 Å². The third-order valence-electron chi connectivity index (χ3n) is 5.51. The van der Waals surface area contributed by atoms with Crippen molar-refractivity contribution in [1.82, 2.24) is 4.90 Å². The van der Waals surface area contributed by atoms with Crippen molar-refractivity contribution in [1.29, 1.82) is 5.26 Å². The molecule has 0 radical (unpaired) electrons. The van der Waals surface area contributed by atoms with Gasteiger partial charge in [-0.15, -0.1) is 6.58 Å². The first kappa shape index (κ1) is 21.3. The Bertz CT molecular complexity index is 861. The molecule has 0 aromatic heterocycles. The van der Waals surface area contributed by atoms with Crippen LogP contribution in [-0.4, -0.2) is 11.9 Å². The molecule has 1 heterocycles. The molecular weight excluding hydrogens is 342 g/mol. The Balaban J connectivity index is 0.00000136. The normalized spacial score (nSPS) is 20.1. The number of allylic oxidation sites excluding steroid dienone is 1. The number of hydrogen-bond acceptors (Lipinski definition) is 3. The highest BCUT2D eigenvalue weighted by atomic mass is 15.2. The molecule has 28 heavy (non-hydrogen) atoms. The topological polar surface area (TPSA) is 53.1 Å². The van der Waals surface area contributed by atoms with Gasteiger partial charge in [-0.3, -0.25) is 0 Å². The van der Waals surface area contributed by atoms with Crippen molar-refractivity contribution in [3.8, 4) is 17.2 Å². The summed E-state index contributed by atoms with van der Waals surface area (Å²) in [5.74, 6) is 0. The van der Waals surface area contributed by atoms with Gasteiger partial charge in [-0.25, -0.2) is 0 Å². The van der Waals surface area contributed by atoms with E-state index in [4.69, 9.17) is 5.73 Å². The predicted molar refractivity (Wildman–Crippen MR) is 118 cm³/mol. The second kappa shape index (κ2) is 9.80. The van der Waals surface area contributed by atoms with Gasteiger partial charge in [0.25, 0.3) is 0 Å². The number of piperidine rings is 1. The Morgan fingerprint density at radius 3 is 2.54 bits per heavy atom. The van der Waals surface area contributed by atoms with Crippen molar-refractivity contribution in [3.05, 3.63) is 84.2 Å². The minimum absolute atomic E-state index is 0.204. The summed E-state index contributed by atoms with van der Waals surface area (Å²) in [7, 11) is 2.12. The lowest BCUT2D eigenvalue weighted by Crippen LogP contribution is -2.46. The van der Waals surface area contributed by atoms with Gasteiger partial charge in [-0.2, -0.15) is 5.26 Å². The lowest BCUT2D eigenvalue weighted by Gasteiger charge is -2.49. The van der Waals surface area contributed by atoms with Crippen LogP contribution < -0.4 is 5.73 Å². The van der Waals surface area contributed by atoms with E-state index in [0.717, 1.165) is 42.5 Å². The zero-order valence-electron chi connectivity index (χ0n) is 17.3. The molecule has 3 rings (SSSR count). The lowest BCUT2D eigenvalue weighted by atomic mass is 9.74. The van der Waals surface area contributed by atoms with Crippen LogP contribution in [0.5, 0.6) is 0 Å². The molecule has 0 saturated carbocycles. The first-order chi connectivity index (χ1) is 13.7. The average molecular weight is 374 g/mol. The summed E-state index contributed by atoms with van der Waals surface area (Å²) in [5.41, 5.74) is 11.0.